The van der Waals surface area contributed by atoms with Gasteiger partial charge in [-0.25, -0.2) is 0 Å². The molecule has 0 amide bonds. The van der Waals surface area contributed by atoms with Gasteiger partial charge < -0.3 is 0 Å². The lowest BCUT2D eigenvalue weighted by Crippen LogP contribution is -1.82. The van der Waals surface area contributed by atoms with Gasteiger partial charge in [-0.1, -0.05) is 50.6 Å². The van der Waals surface area contributed by atoms with E-state index in [0.717, 1.165) is 0 Å². The predicted molar refractivity (Wildman–Crippen MR) is 66.2 cm³/mol. The molecule has 1 rings (SSSR count). The molecule has 0 bridgehead atoms. The van der Waals surface area contributed by atoms with Crippen molar-refractivity contribution in [3.05, 3.63) is 30.3 Å². The van der Waals surface area contributed by atoms with Crippen molar-refractivity contribution in [1.29, 1.82) is 0 Å². The van der Waals surface area contributed by atoms with Gasteiger partial charge in [-0.2, -0.15) is 0 Å². The van der Waals surface area contributed by atoms with Crippen LogP contribution in [-0.4, -0.2) is 0 Å². The smallest absolute Gasteiger partial charge is 0.0303 e. The van der Waals surface area contributed by atoms with E-state index in [2.05, 4.69) is 23.1 Å². The molecule has 0 aliphatic rings. The van der Waals surface area contributed by atoms with Crippen LogP contribution in [0.4, 0.5) is 0 Å². The molecule has 0 radical (unpaired) electrons. The first-order valence-corrected chi connectivity index (χ1v) is 4.19. The first kappa shape index (κ1) is 18.1. The minimum absolute atomic E-state index is 0. The molecule has 0 aliphatic carbocycles. The van der Waals surface area contributed by atoms with E-state index in [1.54, 1.807) is 0 Å². The molecular weight excluding hydrogens is 210 g/mol. The number of halogens is 2. The Balaban J connectivity index is -0.000000146. The standard InChI is InChI=1S/C6H7P.C3H8.2ClH/c7-6-4-2-1-3-5-6;1-3-2;;/h1-5H,7H2;3H2,1-2H3;2*1H. The summed E-state index contributed by atoms with van der Waals surface area (Å²) in [4.78, 5) is 0. The predicted octanol–water partition coefficient (Wildman–Crippen LogP) is 3.45. The lowest BCUT2D eigenvalue weighted by Gasteiger charge is -1.82. The molecule has 3 heteroatoms. The summed E-state index contributed by atoms with van der Waals surface area (Å²) in [6, 6.07) is 10.1. The van der Waals surface area contributed by atoms with Crippen LogP contribution in [0.1, 0.15) is 20.3 Å². The largest absolute Gasteiger partial charge is 0.147 e. The maximum Gasteiger partial charge on any atom is -0.0303 e. The van der Waals surface area contributed by atoms with Crippen molar-refractivity contribution >= 4 is 39.4 Å². The van der Waals surface area contributed by atoms with Gasteiger partial charge in [-0.15, -0.1) is 34.1 Å². The second-order valence-electron chi connectivity index (χ2n) is 2.12. The molecule has 0 aliphatic heterocycles. The molecule has 1 aromatic rings. The van der Waals surface area contributed by atoms with Crippen LogP contribution in [0.25, 0.3) is 0 Å². The second-order valence-corrected chi connectivity index (χ2v) is 2.78. The second kappa shape index (κ2) is 13.8. The fourth-order valence-corrected chi connectivity index (χ4v) is 0.675. The molecule has 0 fully saturated rings. The monoisotopic (exact) mass is 226 g/mol. The summed E-state index contributed by atoms with van der Waals surface area (Å²) in [7, 11) is 2.63. The van der Waals surface area contributed by atoms with E-state index in [1.165, 1.54) is 11.7 Å². The zero-order valence-electron chi connectivity index (χ0n) is 7.49. The van der Waals surface area contributed by atoms with Gasteiger partial charge >= 0.3 is 0 Å². The SMILES string of the molecule is CCC.Cl.Cl.Pc1ccccc1. The fraction of sp³-hybridized carbons (Fsp3) is 0.333. The number of hydrogen-bond donors (Lipinski definition) is 0. The third-order valence-electron chi connectivity index (χ3n) is 0.800. The van der Waals surface area contributed by atoms with Crippen molar-refractivity contribution in [2.75, 3.05) is 0 Å². The van der Waals surface area contributed by atoms with Crippen LogP contribution in [-0.2, 0) is 0 Å². The van der Waals surface area contributed by atoms with Crippen molar-refractivity contribution in [3.8, 4) is 0 Å². The van der Waals surface area contributed by atoms with E-state index in [9.17, 15) is 0 Å². The summed E-state index contributed by atoms with van der Waals surface area (Å²) in [6.07, 6.45) is 1.25. The average molecular weight is 227 g/mol. The maximum atomic E-state index is 2.63. The highest BCUT2D eigenvalue weighted by molar-refractivity contribution is 7.27. The van der Waals surface area contributed by atoms with Crippen LogP contribution in [0.5, 0.6) is 0 Å². The average Bonchev–Trinajstić information content (AvgIpc) is 1.91. The maximum absolute atomic E-state index is 2.63. The lowest BCUT2D eigenvalue weighted by atomic mass is 10.4. The topological polar surface area (TPSA) is 0 Å². The zero-order valence-corrected chi connectivity index (χ0v) is 10.3. The van der Waals surface area contributed by atoms with Gasteiger partial charge in [0.2, 0.25) is 0 Å². The van der Waals surface area contributed by atoms with E-state index in [-0.39, 0.29) is 24.8 Å². The molecule has 0 N–H and O–H groups in total. The van der Waals surface area contributed by atoms with E-state index in [1.807, 2.05) is 30.3 Å². The number of benzene rings is 1. The van der Waals surface area contributed by atoms with Crippen LogP contribution in [0.2, 0.25) is 0 Å². The summed E-state index contributed by atoms with van der Waals surface area (Å²) in [5.74, 6) is 0. The fourth-order valence-electron chi connectivity index (χ4n) is 0.453. The van der Waals surface area contributed by atoms with Gasteiger partial charge in [-0.3, -0.25) is 0 Å². The van der Waals surface area contributed by atoms with Crippen molar-refractivity contribution in [1.82, 2.24) is 0 Å². The van der Waals surface area contributed by atoms with E-state index in [0.29, 0.717) is 0 Å². The third kappa shape index (κ3) is 12.9. The van der Waals surface area contributed by atoms with E-state index < -0.39 is 0 Å². The van der Waals surface area contributed by atoms with Crippen LogP contribution in [0.3, 0.4) is 0 Å². The molecule has 1 atom stereocenters. The molecule has 0 nitrogen and oxygen atoms in total. The van der Waals surface area contributed by atoms with Crippen molar-refractivity contribution in [2.45, 2.75) is 20.3 Å². The summed E-state index contributed by atoms with van der Waals surface area (Å²) in [5.41, 5.74) is 0. The normalized spacial score (nSPS) is 6.58. The third-order valence-corrected chi connectivity index (χ3v) is 1.18. The Morgan fingerprint density at radius 3 is 1.50 bits per heavy atom. The Hall–Kier alpha value is 0.230. The highest BCUT2D eigenvalue weighted by Crippen LogP contribution is 1.86. The highest BCUT2D eigenvalue weighted by atomic mass is 35.5. The Morgan fingerprint density at radius 2 is 1.33 bits per heavy atom. The first-order valence-electron chi connectivity index (χ1n) is 3.61. The van der Waals surface area contributed by atoms with Gasteiger partial charge in [0.1, 0.15) is 0 Å². The number of hydrogen-bond acceptors (Lipinski definition) is 0. The van der Waals surface area contributed by atoms with E-state index >= 15 is 0 Å². The van der Waals surface area contributed by atoms with Crippen LogP contribution >= 0.6 is 34.1 Å². The molecule has 0 heterocycles. The van der Waals surface area contributed by atoms with Crippen LogP contribution in [0.15, 0.2) is 30.3 Å². The highest BCUT2D eigenvalue weighted by Gasteiger charge is 1.72. The van der Waals surface area contributed by atoms with Gasteiger partial charge in [0.05, 0.1) is 0 Å². The number of rotatable bonds is 0. The molecule has 72 valence electrons. The Labute approximate surface area is 90.2 Å². The van der Waals surface area contributed by atoms with Gasteiger partial charge in [0.25, 0.3) is 0 Å². The van der Waals surface area contributed by atoms with Crippen LogP contribution < -0.4 is 5.30 Å². The van der Waals surface area contributed by atoms with Gasteiger partial charge in [0, 0.05) is 0 Å². The minimum atomic E-state index is 0. The van der Waals surface area contributed by atoms with E-state index in [4.69, 9.17) is 0 Å². The first-order chi connectivity index (χ1) is 4.81. The Kier molecular flexibility index (Phi) is 20.8. The van der Waals surface area contributed by atoms with Crippen molar-refractivity contribution < 1.29 is 0 Å². The molecular formula is C9H17Cl2P. The van der Waals surface area contributed by atoms with Crippen molar-refractivity contribution in [3.63, 3.8) is 0 Å². The molecule has 1 aromatic carbocycles. The summed E-state index contributed by atoms with van der Waals surface area (Å²) in [5, 5.41) is 1.24. The van der Waals surface area contributed by atoms with Gasteiger partial charge in [-0.05, 0) is 5.30 Å². The summed E-state index contributed by atoms with van der Waals surface area (Å²) >= 11 is 0. The van der Waals surface area contributed by atoms with Crippen molar-refractivity contribution in [2.24, 2.45) is 0 Å². The van der Waals surface area contributed by atoms with Crippen LogP contribution in [0, 0.1) is 0 Å². The summed E-state index contributed by atoms with van der Waals surface area (Å²) < 4.78 is 0. The molecule has 0 saturated heterocycles. The molecule has 12 heavy (non-hydrogen) atoms. The molecule has 0 spiro atoms. The quantitative estimate of drug-likeness (QED) is 0.595. The molecule has 0 aromatic heterocycles. The summed E-state index contributed by atoms with van der Waals surface area (Å²) in [6.45, 7) is 4.25. The Bertz CT molecular complexity index is 154. The molecule has 1 unspecified atom stereocenters. The zero-order chi connectivity index (χ0) is 7.82. The molecule has 0 saturated carbocycles. The lowest BCUT2D eigenvalue weighted by molar-refractivity contribution is 1.09. The van der Waals surface area contributed by atoms with Gasteiger partial charge in [0.15, 0.2) is 0 Å². The Morgan fingerprint density at radius 1 is 1.00 bits per heavy atom. The minimum Gasteiger partial charge on any atom is -0.147 e.